The molecule has 1 aromatic carbocycles. The highest BCUT2D eigenvalue weighted by atomic mass is 32.2. The van der Waals surface area contributed by atoms with Crippen LogP contribution in [0.2, 0.25) is 0 Å². The molecule has 0 radical (unpaired) electrons. The zero-order valence-corrected chi connectivity index (χ0v) is 11.8. The van der Waals surface area contributed by atoms with Crippen molar-refractivity contribution in [3.05, 3.63) is 24.3 Å². The number of aryl methyl sites for hydroxylation is 1. The summed E-state index contributed by atoms with van der Waals surface area (Å²) in [6, 6.07) is 7.98. The first kappa shape index (κ1) is 12.1. The van der Waals surface area contributed by atoms with E-state index in [1.807, 2.05) is 31.5 Å². The van der Waals surface area contributed by atoms with Crippen molar-refractivity contribution in [2.45, 2.75) is 4.90 Å². The molecule has 0 atom stereocenters. The standard InChI is InChI=1S/C13H14N4OS/c1-17-11(18-2)7-9(16-17)13-14-8-5-4-6-10(19-3)12(8)15-13/h4-7H,1-3H3,(H,14,15). The maximum Gasteiger partial charge on any atom is 0.211 e. The predicted octanol–water partition coefficient (Wildman–Crippen LogP) is 2.69. The van der Waals surface area contributed by atoms with Gasteiger partial charge in [0.1, 0.15) is 11.2 Å². The summed E-state index contributed by atoms with van der Waals surface area (Å²) >= 11 is 1.69. The molecule has 3 rings (SSSR count). The molecule has 3 aromatic rings. The van der Waals surface area contributed by atoms with Crippen molar-refractivity contribution in [3.63, 3.8) is 0 Å². The lowest BCUT2D eigenvalue weighted by Gasteiger charge is -1.95. The van der Waals surface area contributed by atoms with Gasteiger partial charge in [0, 0.05) is 18.0 Å². The topological polar surface area (TPSA) is 55.7 Å². The second kappa shape index (κ2) is 4.62. The number of thioether (sulfide) groups is 1. The molecule has 5 nitrogen and oxygen atoms in total. The lowest BCUT2D eigenvalue weighted by Crippen LogP contribution is -1.94. The van der Waals surface area contributed by atoms with Crippen LogP contribution >= 0.6 is 11.8 Å². The number of methoxy groups -OCH3 is 1. The van der Waals surface area contributed by atoms with Gasteiger partial charge in [-0.15, -0.1) is 11.8 Å². The summed E-state index contributed by atoms with van der Waals surface area (Å²) in [5.41, 5.74) is 2.78. The van der Waals surface area contributed by atoms with E-state index in [0.29, 0.717) is 5.88 Å². The third-order valence-corrected chi connectivity index (χ3v) is 3.75. The zero-order chi connectivity index (χ0) is 13.4. The van der Waals surface area contributed by atoms with Crippen molar-refractivity contribution >= 4 is 22.8 Å². The van der Waals surface area contributed by atoms with Crippen LogP contribution in [0, 0.1) is 0 Å². The Labute approximate surface area is 115 Å². The maximum atomic E-state index is 5.22. The van der Waals surface area contributed by atoms with E-state index in [1.54, 1.807) is 23.6 Å². The molecule has 0 saturated heterocycles. The van der Waals surface area contributed by atoms with Gasteiger partial charge in [0.05, 0.1) is 12.6 Å². The SMILES string of the molecule is COc1cc(-c2nc3c(SC)cccc3[nH]2)nn1C. The van der Waals surface area contributed by atoms with E-state index in [0.717, 1.165) is 27.4 Å². The molecule has 0 aliphatic carbocycles. The Morgan fingerprint density at radius 1 is 1.37 bits per heavy atom. The number of hydrogen-bond donors (Lipinski definition) is 1. The average Bonchev–Trinajstić information content (AvgIpc) is 3.00. The van der Waals surface area contributed by atoms with Gasteiger partial charge in [0.25, 0.3) is 0 Å². The fourth-order valence-electron chi connectivity index (χ4n) is 2.05. The summed E-state index contributed by atoms with van der Waals surface area (Å²) in [6.45, 7) is 0. The van der Waals surface area contributed by atoms with Crippen molar-refractivity contribution in [2.24, 2.45) is 7.05 Å². The molecular weight excluding hydrogens is 260 g/mol. The van der Waals surface area contributed by atoms with Crippen molar-refractivity contribution in [1.29, 1.82) is 0 Å². The molecule has 1 N–H and O–H groups in total. The van der Waals surface area contributed by atoms with Crippen LogP contribution in [0.25, 0.3) is 22.6 Å². The first-order valence-electron chi connectivity index (χ1n) is 5.84. The zero-order valence-electron chi connectivity index (χ0n) is 11.0. The number of nitrogens with one attached hydrogen (secondary N) is 1. The molecule has 0 unspecified atom stereocenters. The van der Waals surface area contributed by atoms with E-state index < -0.39 is 0 Å². The number of benzene rings is 1. The van der Waals surface area contributed by atoms with E-state index in [4.69, 9.17) is 4.74 Å². The van der Waals surface area contributed by atoms with Gasteiger partial charge < -0.3 is 9.72 Å². The van der Waals surface area contributed by atoms with Gasteiger partial charge in [-0.25, -0.2) is 9.67 Å². The number of imidazole rings is 1. The summed E-state index contributed by atoms with van der Waals surface area (Å²) in [7, 11) is 3.48. The van der Waals surface area contributed by atoms with Gasteiger partial charge in [-0.1, -0.05) is 6.07 Å². The van der Waals surface area contributed by atoms with Gasteiger partial charge >= 0.3 is 0 Å². The first-order chi connectivity index (χ1) is 9.22. The number of nitrogens with zero attached hydrogens (tertiary/aromatic N) is 3. The van der Waals surface area contributed by atoms with E-state index in [9.17, 15) is 0 Å². The molecule has 0 aliphatic heterocycles. The number of ether oxygens (including phenoxy) is 1. The van der Waals surface area contributed by atoms with Crippen LogP contribution in [0.4, 0.5) is 0 Å². The van der Waals surface area contributed by atoms with Gasteiger partial charge in [0.2, 0.25) is 5.88 Å². The first-order valence-corrected chi connectivity index (χ1v) is 7.06. The highest BCUT2D eigenvalue weighted by molar-refractivity contribution is 7.98. The van der Waals surface area contributed by atoms with Crippen molar-refractivity contribution in [3.8, 4) is 17.4 Å². The van der Waals surface area contributed by atoms with Crippen LogP contribution < -0.4 is 4.74 Å². The number of H-pyrrole nitrogens is 1. The number of rotatable bonds is 3. The Hall–Kier alpha value is -1.95. The van der Waals surface area contributed by atoms with E-state index in [-0.39, 0.29) is 0 Å². The molecule has 0 saturated carbocycles. The molecule has 2 aromatic heterocycles. The Kier molecular flexibility index (Phi) is 2.94. The normalized spacial score (nSPS) is 11.1. The highest BCUT2D eigenvalue weighted by Gasteiger charge is 2.13. The Balaban J connectivity index is 2.14. The number of aromatic nitrogens is 4. The van der Waals surface area contributed by atoms with E-state index in [2.05, 4.69) is 21.1 Å². The fourth-order valence-corrected chi connectivity index (χ4v) is 2.61. The number of aromatic amines is 1. The molecule has 6 heteroatoms. The van der Waals surface area contributed by atoms with Crippen LogP contribution in [0.1, 0.15) is 0 Å². The number of hydrogen-bond acceptors (Lipinski definition) is 4. The maximum absolute atomic E-state index is 5.22. The van der Waals surface area contributed by atoms with Crippen molar-refractivity contribution in [2.75, 3.05) is 13.4 Å². The Bertz CT molecular complexity index is 731. The molecule has 0 aliphatic rings. The fraction of sp³-hybridized carbons (Fsp3) is 0.231. The van der Waals surface area contributed by atoms with Crippen LogP contribution in [-0.2, 0) is 7.05 Å². The monoisotopic (exact) mass is 274 g/mol. The minimum absolute atomic E-state index is 0.709. The summed E-state index contributed by atoms with van der Waals surface area (Å²) in [5.74, 6) is 1.47. The van der Waals surface area contributed by atoms with Crippen LogP contribution in [-0.4, -0.2) is 33.1 Å². The van der Waals surface area contributed by atoms with Crippen molar-refractivity contribution < 1.29 is 4.74 Å². The Morgan fingerprint density at radius 2 is 2.21 bits per heavy atom. The predicted molar refractivity (Wildman–Crippen MR) is 76.6 cm³/mol. The lowest BCUT2D eigenvalue weighted by atomic mass is 10.3. The van der Waals surface area contributed by atoms with Crippen LogP contribution in [0.5, 0.6) is 5.88 Å². The summed E-state index contributed by atoms with van der Waals surface area (Å²) in [5, 5.41) is 4.39. The second-order valence-corrected chi connectivity index (χ2v) is 4.99. The Morgan fingerprint density at radius 3 is 2.89 bits per heavy atom. The lowest BCUT2D eigenvalue weighted by molar-refractivity contribution is 0.373. The largest absolute Gasteiger partial charge is 0.481 e. The van der Waals surface area contributed by atoms with E-state index >= 15 is 0 Å². The smallest absolute Gasteiger partial charge is 0.211 e. The third kappa shape index (κ3) is 1.98. The number of fused-ring (bicyclic) bond motifs is 1. The molecule has 98 valence electrons. The second-order valence-electron chi connectivity index (χ2n) is 4.14. The van der Waals surface area contributed by atoms with Gasteiger partial charge in [-0.05, 0) is 18.4 Å². The highest BCUT2D eigenvalue weighted by Crippen LogP contribution is 2.28. The average molecular weight is 274 g/mol. The number of para-hydroxylation sites is 1. The molecule has 0 spiro atoms. The van der Waals surface area contributed by atoms with Gasteiger partial charge in [0.15, 0.2) is 5.82 Å². The minimum Gasteiger partial charge on any atom is -0.481 e. The summed E-state index contributed by atoms with van der Waals surface area (Å²) < 4.78 is 6.91. The molecule has 0 fully saturated rings. The molecule has 0 bridgehead atoms. The van der Waals surface area contributed by atoms with Crippen molar-refractivity contribution in [1.82, 2.24) is 19.7 Å². The van der Waals surface area contributed by atoms with E-state index in [1.165, 1.54) is 0 Å². The quantitative estimate of drug-likeness (QED) is 0.746. The molecule has 19 heavy (non-hydrogen) atoms. The molecular formula is C13H14N4OS. The van der Waals surface area contributed by atoms with Gasteiger partial charge in [-0.3, -0.25) is 0 Å². The summed E-state index contributed by atoms with van der Waals surface area (Å²) in [6.07, 6.45) is 2.05. The third-order valence-electron chi connectivity index (χ3n) is 2.98. The summed E-state index contributed by atoms with van der Waals surface area (Å²) in [4.78, 5) is 9.09. The minimum atomic E-state index is 0.709. The van der Waals surface area contributed by atoms with Gasteiger partial charge in [-0.2, -0.15) is 5.10 Å². The molecule has 2 heterocycles. The van der Waals surface area contributed by atoms with Crippen LogP contribution in [0.15, 0.2) is 29.2 Å². The van der Waals surface area contributed by atoms with Crippen LogP contribution in [0.3, 0.4) is 0 Å². The molecule has 0 amide bonds.